The van der Waals surface area contributed by atoms with Gasteiger partial charge in [0.2, 0.25) is 17.7 Å². The van der Waals surface area contributed by atoms with E-state index in [2.05, 4.69) is 6.58 Å². The highest BCUT2D eigenvalue weighted by Gasteiger charge is 2.51. The number of aryl methyl sites for hydroxylation is 1. The fraction of sp³-hybridized carbons (Fsp3) is 0.265. The van der Waals surface area contributed by atoms with Crippen molar-refractivity contribution in [2.45, 2.75) is 38.0 Å². The molecule has 0 unspecified atom stereocenters. The topological polar surface area (TPSA) is 134 Å². The lowest BCUT2D eigenvalue weighted by Gasteiger charge is -2.55. The van der Waals surface area contributed by atoms with Gasteiger partial charge in [-0.3, -0.25) is 14.4 Å². The van der Waals surface area contributed by atoms with Crippen LogP contribution in [0.3, 0.4) is 0 Å². The van der Waals surface area contributed by atoms with Crippen molar-refractivity contribution in [3.63, 3.8) is 0 Å². The molecule has 3 heterocycles. The molecule has 0 aliphatic carbocycles. The molecular weight excluding hydrogens is 639 g/mol. The molecule has 13 heteroatoms. The number of nitrogens with two attached hydrogens (primary N) is 1. The van der Waals surface area contributed by atoms with Gasteiger partial charge in [-0.1, -0.05) is 66.7 Å². The van der Waals surface area contributed by atoms with Gasteiger partial charge in [-0.05, 0) is 52.1 Å². The van der Waals surface area contributed by atoms with Crippen molar-refractivity contribution in [1.82, 2.24) is 19.8 Å². The minimum atomic E-state index is -4.21. The average molecular weight is 674 g/mol. The van der Waals surface area contributed by atoms with Gasteiger partial charge in [-0.2, -0.15) is 13.6 Å². The Morgan fingerprint density at radius 1 is 1.00 bits per heavy atom. The summed E-state index contributed by atoms with van der Waals surface area (Å²) in [5.74, 6) is -0.628. The van der Waals surface area contributed by atoms with Crippen molar-refractivity contribution in [3.8, 4) is 5.75 Å². The quantitative estimate of drug-likeness (QED) is 0.241. The lowest BCUT2D eigenvalue weighted by Crippen LogP contribution is -2.75. The number of hydrazine groups is 1. The maximum Gasteiger partial charge on any atom is 0.380 e. The van der Waals surface area contributed by atoms with Gasteiger partial charge in [0.15, 0.2) is 0 Å². The SMILES string of the molecule is C=CCN1CC(=O)N2[C@@H](Cc3ccc(OS(N)(=O)=O)cc3)C(=O)N(Cc3csc4ccccc34)C[C@@H]2N1C(=O)CCc1ccccc1. The molecule has 47 heavy (non-hydrogen) atoms. The van der Waals surface area contributed by atoms with Crippen LogP contribution < -0.4 is 9.32 Å². The molecule has 1 aromatic heterocycles. The highest BCUT2D eigenvalue weighted by molar-refractivity contribution is 7.84. The molecule has 11 nitrogen and oxygen atoms in total. The van der Waals surface area contributed by atoms with Crippen molar-refractivity contribution in [2.24, 2.45) is 5.14 Å². The number of nitrogens with zero attached hydrogens (tertiary/aromatic N) is 4. The van der Waals surface area contributed by atoms with E-state index < -0.39 is 22.5 Å². The predicted octanol–water partition coefficient (Wildman–Crippen LogP) is 3.47. The molecule has 2 atom stereocenters. The first-order valence-electron chi connectivity index (χ1n) is 15.2. The van der Waals surface area contributed by atoms with Gasteiger partial charge in [-0.25, -0.2) is 10.0 Å². The maximum absolute atomic E-state index is 14.3. The van der Waals surface area contributed by atoms with E-state index in [0.29, 0.717) is 18.5 Å². The van der Waals surface area contributed by atoms with Crippen LogP contribution in [0.5, 0.6) is 5.75 Å². The van der Waals surface area contributed by atoms with E-state index in [1.165, 1.54) is 12.1 Å². The van der Waals surface area contributed by atoms with E-state index in [4.69, 9.17) is 9.32 Å². The van der Waals surface area contributed by atoms with E-state index in [-0.39, 0.29) is 55.9 Å². The summed E-state index contributed by atoms with van der Waals surface area (Å²) >= 11 is 1.60. The minimum absolute atomic E-state index is 0.0272. The molecule has 2 aliphatic rings. The zero-order chi connectivity index (χ0) is 33.1. The molecule has 0 radical (unpaired) electrons. The molecule has 0 spiro atoms. The Hall–Kier alpha value is -4.56. The second kappa shape index (κ2) is 13.7. The fourth-order valence-electron chi connectivity index (χ4n) is 6.31. The number of thiophene rings is 1. The summed E-state index contributed by atoms with van der Waals surface area (Å²) in [6, 6.07) is 23.0. The summed E-state index contributed by atoms with van der Waals surface area (Å²) in [6.07, 6.45) is 1.81. The summed E-state index contributed by atoms with van der Waals surface area (Å²) in [6.45, 7) is 4.50. The van der Waals surface area contributed by atoms with Crippen molar-refractivity contribution < 1.29 is 27.0 Å². The Morgan fingerprint density at radius 3 is 2.45 bits per heavy atom. The third kappa shape index (κ3) is 7.23. The van der Waals surface area contributed by atoms with Crippen molar-refractivity contribution in [3.05, 3.63) is 114 Å². The van der Waals surface area contributed by atoms with Crippen molar-refractivity contribution >= 4 is 49.4 Å². The van der Waals surface area contributed by atoms with Crippen LogP contribution in [0.4, 0.5) is 0 Å². The molecule has 3 amide bonds. The molecule has 0 bridgehead atoms. The van der Waals surface area contributed by atoms with Crippen molar-refractivity contribution in [1.29, 1.82) is 0 Å². The summed E-state index contributed by atoms with van der Waals surface area (Å²) in [5.41, 5.74) is 2.69. The second-order valence-corrected chi connectivity index (χ2v) is 13.6. The first kappa shape index (κ1) is 32.4. The molecule has 2 fully saturated rings. The number of rotatable bonds is 11. The number of benzene rings is 3. The van der Waals surface area contributed by atoms with Crippen LogP contribution in [0.2, 0.25) is 0 Å². The third-order valence-corrected chi connectivity index (χ3v) is 9.82. The van der Waals surface area contributed by atoms with Gasteiger partial charge in [-0.15, -0.1) is 17.9 Å². The molecule has 3 aromatic carbocycles. The monoisotopic (exact) mass is 673 g/mol. The van der Waals surface area contributed by atoms with E-state index >= 15 is 0 Å². The molecule has 6 rings (SSSR count). The Morgan fingerprint density at radius 2 is 1.72 bits per heavy atom. The highest BCUT2D eigenvalue weighted by atomic mass is 32.2. The molecule has 2 saturated heterocycles. The van der Waals surface area contributed by atoms with Crippen LogP contribution in [0, 0.1) is 0 Å². The molecular formula is C34H35N5O6S2. The summed E-state index contributed by atoms with van der Waals surface area (Å²) in [4.78, 5) is 45.5. The highest BCUT2D eigenvalue weighted by Crippen LogP contribution is 2.32. The van der Waals surface area contributed by atoms with Gasteiger partial charge < -0.3 is 14.0 Å². The smallest absolute Gasteiger partial charge is 0.371 e. The van der Waals surface area contributed by atoms with Gasteiger partial charge in [0.25, 0.3) is 0 Å². The lowest BCUT2D eigenvalue weighted by atomic mass is 9.98. The minimum Gasteiger partial charge on any atom is -0.371 e. The first-order valence-corrected chi connectivity index (χ1v) is 17.5. The summed E-state index contributed by atoms with van der Waals surface area (Å²) in [7, 11) is -4.21. The average Bonchev–Trinajstić information content (AvgIpc) is 3.45. The van der Waals surface area contributed by atoms with Crippen molar-refractivity contribution in [2.75, 3.05) is 19.6 Å². The molecule has 244 valence electrons. The second-order valence-electron chi connectivity index (χ2n) is 11.6. The third-order valence-electron chi connectivity index (χ3n) is 8.38. The van der Waals surface area contributed by atoms with Gasteiger partial charge in [0.05, 0.1) is 13.1 Å². The zero-order valence-corrected chi connectivity index (χ0v) is 27.2. The zero-order valence-electron chi connectivity index (χ0n) is 25.6. The summed E-state index contributed by atoms with van der Waals surface area (Å²) < 4.78 is 28.7. The largest absolute Gasteiger partial charge is 0.380 e. The normalized spacial score (nSPS) is 18.8. The van der Waals surface area contributed by atoms with Gasteiger partial charge in [0.1, 0.15) is 18.0 Å². The number of hydrogen-bond acceptors (Lipinski definition) is 8. The van der Waals surface area contributed by atoms with Crippen LogP contribution in [0.1, 0.15) is 23.1 Å². The standard InChI is InChI=1S/C34H35N5O6S2/c1-2-18-37-22-33(41)38-29(19-25-12-15-27(16-13-25)45-47(35,43)44)34(42)36(20-26-23-46-30-11-7-6-10-28(26)30)21-31(38)39(37)32(40)17-14-24-8-4-3-5-9-24/h2-13,15-16,23,29,31H,1,14,17-22H2,(H2,35,43,44)/t29-,31-/m0/s1. The van der Waals surface area contributed by atoms with Gasteiger partial charge in [0, 0.05) is 30.6 Å². The molecule has 2 aliphatic heterocycles. The van der Waals surface area contributed by atoms with E-state index in [0.717, 1.165) is 21.2 Å². The summed E-state index contributed by atoms with van der Waals surface area (Å²) in [5, 5.41) is 11.5. The molecule has 0 saturated carbocycles. The number of fused-ring (bicyclic) bond motifs is 2. The Balaban J connectivity index is 1.35. The number of hydrogen-bond donors (Lipinski definition) is 1. The Kier molecular flexibility index (Phi) is 9.41. The predicted molar refractivity (Wildman–Crippen MR) is 179 cm³/mol. The van der Waals surface area contributed by atoms with Gasteiger partial charge >= 0.3 is 10.3 Å². The van der Waals surface area contributed by atoms with Crippen LogP contribution in [-0.4, -0.2) is 77.8 Å². The number of carbonyl (C=O) groups excluding carboxylic acids is 3. The van der Waals surface area contributed by atoms with E-state index in [1.54, 1.807) is 49.4 Å². The molecule has 4 aromatic rings. The maximum atomic E-state index is 14.3. The lowest BCUT2D eigenvalue weighted by molar-refractivity contribution is -0.205. The fourth-order valence-corrected chi connectivity index (χ4v) is 7.65. The Bertz CT molecular complexity index is 1900. The van der Waals surface area contributed by atoms with E-state index in [9.17, 15) is 22.8 Å². The van der Waals surface area contributed by atoms with Crippen LogP contribution in [0.15, 0.2) is 96.9 Å². The van der Waals surface area contributed by atoms with Crippen LogP contribution in [-0.2, 0) is 44.1 Å². The van der Waals surface area contributed by atoms with Crippen LogP contribution >= 0.6 is 11.3 Å². The number of carbonyl (C=O) groups is 3. The number of piperazine rings is 1. The van der Waals surface area contributed by atoms with Crippen LogP contribution in [0.25, 0.3) is 10.1 Å². The molecule has 2 N–H and O–H groups in total. The number of amides is 3. The first-order chi connectivity index (χ1) is 22.6. The van der Waals surface area contributed by atoms with E-state index in [1.807, 2.05) is 60.0 Å². The Labute approximate surface area is 277 Å².